The minimum absolute atomic E-state index is 0.157. The third-order valence-electron chi connectivity index (χ3n) is 2.67. The number of hydrogen-bond acceptors (Lipinski definition) is 1. The van der Waals surface area contributed by atoms with Crippen molar-refractivity contribution in [3.05, 3.63) is 36.0 Å². The minimum Gasteiger partial charge on any atom is -0.376 e. The Morgan fingerprint density at radius 1 is 1.19 bits per heavy atom. The van der Waals surface area contributed by atoms with Crippen molar-refractivity contribution in [3.63, 3.8) is 0 Å². The van der Waals surface area contributed by atoms with E-state index in [4.69, 9.17) is 0 Å². The fourth-order valence-electron chi connectivity index (χ4n) is 1.63. The molecule has 1 heterocycles. The molecule has 0 amide bonds. The Labute approximate surface area is 89.7 Å². The van der Waals surface area contributed by atoms with E-state index in [1.54, 1.807) is 24.3 Å². The number of aliphatic hydroxyl groups is 1. The maximum atomic E-state index is 12.7. The third kappa shape index (κ3) is 1.48. The van der Waals surface area contributed by atoms with Gasteiger partial charge in [-0.25, -0.2) is 0 Å². The third-order valence-corrected chi connectivity index (χ3v) is 2.67. The Morgan fingerprint density at radius 2 is 1.81 bits per heavy atom. The SMILES string of the molecule is CC(O)(c1c[nH]c2ccccc12)C(F)(F)F. The molecule has 2 rings (SSSR count). The van der Waals surface area contributed by atoms with Crippen LogP contribution in [0.1, 0.15) is 12.5 Å². The van der Waals surface area contributed by atoms with Gasteiger partial charge in [-0.1, -0.05) is 18.2 Å². The van der Waals surface area contributed by atoms with Gasteiger partial charge in [0.1, 0.15) is 0 Å². The summed E-state index contributed by atoms with van der Waals surface area (Å²) in [6.45, 7) is 0.753. The molecule has 1 aromatic carbocycles. The van der Waals surface area contributed by atoms with Crippen molar-refractivity contribution in [2.45, 2.75) is 18.7 Å². The second-order valence-corrected chi connectivity index (χ2v) is 3.82. The lowest BCUT2D eigenvalue weighted by Gasteiger charge is -2.25. The van der Waals surface area contributed by atoms with Gasteiger partial charge in [0.05, 0.1) is 0 Å². The van der Waals surface area contributed by atoms with Gasteiger partial charge < -0.3 is 10.1 Å². The van der Waals surface area contributed by atoms with Gasteiger partial charge in [0.2, 0.25) is 0 Å². The van der Waals surface area contributed by atoms with Crippen LogP contribution in [0.5, 0.6) is 0 Å². The lowest BCUT2D eigenvalue weighted by atomic mass is 9.95. The maximum absolute atomic E-state index is 12.7. The normalized spacial score (nSPS) is 16.3. The molecule has 2 aromatic rings. The van der Waals surface area contributed by atoms with Crippen LogP contribution in [0.3, 0.4) is 0 Å². The number of rotatable bonds is 1. The number of alkyl halides is 3. The summed E-state index contributed by atoms with van der Waals surface area (Å²) in [5, 5.41) is 9.94. The molecule has 86 valence electrons. The van der Waals surface area contributed by atoms with Gasteiger partial charge in [-0.15, -0.1) is 0 Å². The zero-order chi connectivity index (χ0) is 12.0. The van der Waals surface area contributed by atoms with Crippen molar-refractivity contribution in [1.82, 2.24) is 4.98 Å². The monoisotopic (exact) mass is 229 g/mol. The molecular weight excluding hydrogens is 219 g/mol. The van der Waals surface area contributed by atoms with Crippen LogP contribution in [-0.4, -0.2) is 16.3 Å². The van der Waals surface area contributed by atoms with Crippen LogP contribution in [0.4, 0.5) is 13.2 Å². The molecule has 0 bridgehead atoms. The van der Waals surface area contributed by atoms with E-state index in [9.17, 15) is 18.3 Å². The molecule has 2 N–H and O–H groups in total. The van der Waals surface area contributed by atoms with E-state index in [0.29, 0.717) is 10.9 Å². The van der Waals surface area contributed by atoms with Gasteiger partial charge in [0.15, 0.2) is 5.60 Å². The van der Waals surface area contributed by atoms with Gasteiger partial charge in [-0.3, -0.25) is 0 Å². The fraction of sp³-hybridized carbons (Fsp3) is 0.273. The van der Waals surface area contributed by atoms with Crippen LogP contribution in [0, 0.1) is 0 Å². The lowest BCUT2D eigenvalue weighted by molar-refractivity contribution is -0.258. The van der Waals surface area contributed by atoms with Crippen LogP contribution in [0.2, 0.25) is 0 Å². The summed E-state index contributed by atoms with van der Waals surface area (Å²) in [5.41, 5.74) is -2.43. The van der Waals surface area contributed by atoms with Crippen molar-refractivity contribution in [1.29, 1.82) is 0 Å². The highest BCUT2D eigenvalue weighted by Crippen LogP contribution is 2.41. The Bertz CT molecular complexity index is 513. The van der Waals surface area contributed by atoms with E-state index in [1.165, 1.54) is 6.20 Å². The van der Waals surface area contributed by atoms with Crippen LogP contribution in [0.25, 0.3) is 10.9 Å². The van der Waals surface area contributed by atoms with Crippen molar-refractivity contribution in [3.8, 4) is 0 Å². The maximum Gasteiger partial charge on any atom is 0.421 e. The molecule has 0 aliphatic carbocycles. The lowest BCUT2D eigenvalue weighted by Crippen LogP contribution is -2.39. The summed E-state index contributed by atoms with van der Waals surface area (Å²) in [5.74, 6) is 0. The summed E-state index contributed by atoms with van der Waals surface area (Å²) in [6.07, 6.45) is -3.50. The number of aromatic nitrogens is 1. The van der Waals surface area contributed by atoms with E-state index in [-0.39, 0.29) is 5.56 Å². The first kappa shape index (κ1) is 11.0. The average Bonchev–Trinajstić information content (AvgIpc) is 2.59. The van der Waals surface area contributed by atoms with Crippen molar-refractivity contribution >= 4 is 10.9 Å². The number of para-hydroxylation sites is 1. The highest BCUT2D eigenvalue weighted by atomic mass is 19.4. The summed E-state index contributed by atoms with van der Waals surface area (Å²) in [6, 6.07) is 6.55. The Kier molecular flexibility index (Phi) is 2.24. The summed E-state index contributed by atoms with van der Waals surface area (Å²) >= 11 is 0. The zero-order valence-electron chi connectivity index (χ0n) is 8.47. The number of halogens is 3. The van der Waals surface area contributed by atoms with Crippen LogP contribution < -0.4 is 0 Å². The standard InChI is InChI=1S/C11H10F3NO/c1-10(16,11(12,13)14)8-6-15-9-5-3-2-4-7(8)9/h2-6,15-16H,1H3. The molecule has 0 radical (unpaired) electrons. The first-order valence-corrected chi connectivity index (χ1v) is 4.70. The molecule has 1 unspecified atom stereocenters. The van der Waals surface area contributed by atoms with Crippen molar-refractivity contribution in [2.24, 2.45) is 0 Å². The van der Waals surface area contributed by atoms with Gasteiger partial charge in [-0.2, -0.15) is 13.2 Å². The number of hydrogen-bond donors (Lipinski definition) is 2. The number of nitrogens with one attached hydrogen (secondary N) is 1. The predicted molar refractivity (Wildman–Crippen MR) is 53.9 cm³/mol. The van der Waals surface area contributed by atoms with Crippen molar-refractivity contribution < 1.29 is 18.3 Å². The number of aromatic amines is 1. The molecule has 2 nitrogen and oxygen atoms in total. The van der Waals surface area contributed by atoms with Crippen LogP contribution >= 0.6 is 0 Å². The number of H-pyrrole nitrogens is 1. The first-order chi connectivity index (χ1) is 7.34. The highest BCUT2D eigenvalue weighted by Gasteiger charge is 2.52. The van der Waals surface area contributed by atoms with E-state index in [1.807, 2.05) is 0 Å². The molecule has 1 aromatic heterocycles. The Morgan fingerprint density at radius 3 is 2.44 bits per heavy atom. The van der Waals surface area contributed by atoms with Crippen LogP contribution in [-0.2, 0) is 5.60 Å². The smallest absolute Gasteiger partial charge is 0.376 e. The second-order valence-electron chi connectivity index (χ2n) is 3.82. The zero-order valence-corrected chi connectivity index (χ0v) is 8.47. The summed E-state index contributed by atoms with van der Waals surface area (Å²) < 4.78 is 38.0. The van der Waals surface area contributed by atoms with Crippen LogP contribution in [0.15, 0.2) is 30.5 Å². The van der Waals surface area contributed by atoms with E-state index >= 15 is 0 Å². The second kappa shape index (κ2) is 3.25. The molecular formula is C11H10F3NO. The molecule has 0 saturated heterocycles. The van der Waals surface area contributed by atoms with Gasteiger partial charge in [0.25, 0.3) is 0 Å². The average molecular weight is 229 g/mol. The highest BCUT2D eigenvalue weighted by molar-refractivity contribution is 5.84. The van der Waals surface area contributed by atoms with E-state index < -0.39 is 11.8 Å². The van der Waals surface area contributed by atoms with Gasteiger partial charge in [-0.05, 0) is 13.0 Å². The summed E-state index contributed by atoms with van der Waals surface area (Å²) in [7, 11) is 0. The fourth-order valence-corrected chi connectivity index (χ4v) is 1.63. The molecule has 16 heavy (non-hydrogen) atoms. The molecule has 0 saturated carbocycles. The molecule has 5 heteroatoms. The van der Waals surface area contributed by atoms with Gasteiger partial charge in [0, 0.05) is 22.7 Å². The van der Waals surface area contributed by atoms with Gasteiger partial charge >= 0.3 is 6.18 Å². The summed E-state index contributed by atoms with van der Waals surface area (Å²) in [4.78, 5) is 2.71. The molecule has 0 aliphatic heterocycles. The van der Waals surface area contributed by atoms with E-state index in [2.05, 4.69) is 4.98 Å². The van der Waals surface area contributed by atoms with E-state index in [0.717, 1.165) is 6.92 Å². The minimum atomic E-state index is -4.70. The molecule has 0 fully saturated rings. The number of fused-ring (bicyclic) bond motifs is 1. The predicted octanol–water partition coefficient (Wildman–Crippen LogP) is 2.94. The quantitative estimate of drug-likeness (QED) is 0.774. The largest absolute Gasteiger partial charge is 0.421 e. The number of benzene rings is 1. The first-order valence-electron chi connectivity index (χ1n) is 4.70. The van der Waals surface area contributed by atoms with Crippen molar-refractivity contribution in [2.75, 3.05) is 0 Å². The molecule has 0 aliphatic rings. The Hall–Kier alpha value is -1.49. The molecule has 0 spiro atoms. The topological polar surface area (TPSA) is 36.0 Å². The molecule has 1 atom stereocenters. The Balaban J connectivity index is 2.64.